The molecule has 0 aliphatic carbocycles. The fourth-order valence-corrected chi connectivity index (χ4v) is 3.43. The molecule has 0 aliphatic heterocycles. The first kappa shape index (κ1) is 33.0. The Labute approximate surface area is 224 Å². The quantitative estimate of drug-likeness (QED) is 0.242. The van der Waals surface area contributed by atoms with Gasteiger partial charge >= 0.3 is 0 Å². The molecule has 0 saturated heterocycles. The summed E-state index contributed by atoms with van der Waals surface area (Å²) in [4.78, 5) is 14.7. The first-order valence-electron chi connectivity index (χ1n) is 12.2. The molecule has 0 aliphatic rings. The summed E-state index contributed by atoms with van der Waals surface area (Å²) in [6.07, 6.45) is 11.1. The largest absolute Gasteiger partial charge is 0.465 e. The molecule has 198 valence electrons. The standard InChI is InChI=1S/C30H44N2O2.OS/c1-11-14-27(28(13-3)31-9)26-16-15-24(23(5)34-18-17-22(4)12-2)19-25(26)21-32(10)29(33)20-30(6,7)8;1-2/h11,13-19,22,31H,1,5,12,20-21H2,2-4,6-10H3;/b18-17-,27-14-,28-13+;. The molecular weight excluding hydrogens is 468 g/mol. The predicted octanol–water partition coefficient (Wildman–Crippen LogP) is 6.98. The number of hydrogen-bond acceptors (Lipinski definition) is 5. The van der Waals surface area contributed by atoms with Crippen LogP contribution < -0.4 is 5.32 Å². The van der Waals surface area contributed by atoms with E-state index >= 15 is 0 Å². The van der Waals surface area contributed by atoms with E-state index in [-0.39, 0.29) is 11.3 Å². The van der Waals surface area contributed by atoms with Crippen LogP contribution in [0.1, 0.15) is 71.1 Å². The highest BCUT2D eigenvalue weighted by Crippen LogP contribution is 2.30. The first-order chi connectivity index (χ1) is 17.0. The molecular formula is C30H44N2O3S. The molecule has 5 nitrogen and oxygen atoms in total. The number of carbonyl (C=O) groups is 1. The van der Waals surface area contributed by atoms with Crippen molar-refractivity contribution in [1.29, 1.82) is 0 Å². The van der Waals surface area contributed by atoms with E-state index in [1.807, 2.05) is 45.3 Å². The van der Waals surface area contributed by atoms with Gasteiger partial charge in [0.2, 0.25) is 5.91 Å². The Balaban J connectivity index is 0.00000596. The number of amides is 1. The van der Waals surface area contributed by atoms with Crippen molar-refractivity contribution in [1.82, 2.24) is 10.2 Å². The van der Waals surface area contributed by atoms with Gasteiger partial charge < -0.3 is 15.0 Å². The van der Waals surface area contributed by atoms with Gasteiger partial charge in [0.15, 0.2) is 12.5 Å². The molecule has 6 heteroatoms. The van der Waals surface area contributed by atoms with Crippen molar-refractivity contribution in [3.05, 3.63) is 84.3 Å². The first-order valence-corrected chi connectivity index (χ1v) is 12.5. The molecule has 1 aromatic carbocycles. The van der Waals surface area contributed by atoms with E-state index in [1.165, 1.54) is 0 Å². The molecule has 36 heavy (non-hydrogen) atoms. The van der Waals surface area contributed by atoms with Gasteiger partial charge in [0, 0.05) is 43.9 Å². The third-order valence-corrected chi connectivity index (χ3v) is 5.63. The number of ether oxygens (including phenoxy) is 1. The van der Waals surface area contributed by atoms with Crippen LogP contribution in [0.15, 0.2) is 67.6 Å². The van der Waals surface area contributed by atoms with E-state index in [4.69, 9.17) is 8.95 Å². The smallest absolute Gasteiger partial charge is 0.223 e. The van der Waals surface area contributed by atoms with Crippen LogP contribution in [0.3, 0.4) is 0 Å². The Morgan fingerprint density at radius 1 is 1.28 bits per heavy atom. The van der Waals surface area contributed by atoms with E-state index in [0.717, 1.165) is 34.4 Å². The Morgan fingerprint density at radius 3 is 2.42 bits per heavy atom. The van der Waals surface area contributed by atoms with E-state index in [9.17, 15) is 4.79 Å². The van der Waals surface area contributed by atoms with Crippen molar-refractivity contribution in [2.24, 2.45) is 11.3 Å². The van der Waals surface area contributed by atoms with E-state index in [2.05, 4.69) is 77.8 Å². The van der Waals surface area contributed by atoms with Crippen molar-refractivity contribution in [2.75, 3.05) is 14.1 Å². The molecule has 1 amide bonds. The van der Waals surface area contributed by atoms with Crippen molar-refractivity contribution >= 4 is 29.8 Å². The molecule has 1 N–H and O–H groups in total. The molecule has 0 spiro atoms. The Morgan fingerprint density at radius 2 is 1.92 bits per heavy atom. The van der Waals surface area contributed by atoms with Gasteiger partial charge in [0.1, 0.15) is 5.76 Å². The molecule has 0 fully saturated rings. The second kappa shape index (κ2) is 16.6. The monoisotopic (exact) mass is 512 g/mol. The summed E-state index contributed by atoms with van der Waals surface area (Å²) < 4.78 is 13.6. The van der Waals surface area contributed by atoms with Crippen LogP contribution in [-0.4, -0.2) is 29.1 Å². The van der Waals surface area contributed by atoms with Crippen molar-refractivity contribution in [3.63, 3.8) is 0 Å². The lowest BCUT2D eigenvalue weighted by Crippen LogP contribution is -2.30. The normalized spacial score (nSPS) is 12.9. The van der Waals surface area contributed by atoms with Crippen LogP contribution in [0.5, 0.6) is 0 Å². The maximum atomic E-state index is 12.9. The predicted molar refractivity (Wildman–Crippen MR) is 155 cm³/mol. The molecule has 0 radical (unpaired) electrons. The number of hydrogen-bond donors (Lipinski definition) is 1. The summed E-state index contributed by atoms with van der Waals surface area (Å²) >= 11 is 2.83. The minimum Gasteiger partial charge on any atom is -0.465 e. The van der Waals surface area contributed by atoms with Crippen molar-refractivity contribution in [2.45, 2.75) is 60.9 Å². The topological polar surface area (TPSA) is 58.6 Å². The second-order valence-corrected chi connectivity index (χ2v) is 9.88. The van der Waals surface area contributed by atoms with Gasteiger partial charge in [0.25, 0.3) is 0 Å². The summed E-state index contributed by atoms with van der Waals surface area (Å²) in [5.74, 6) is 1.13. The average Bonchev–Trinajstić information content (AvgIpc) is 2.84. The highest BCUT2D eigenvalue weighted by atomic mass is 32.1. The van der Waals surface area contributed by atoms with Gasteiger partial charge in [-0.3, -0.25) is 4.79 Å². The summed E-state index contributed by atoms with van der Waals surface area (Å²) in [5.41, 5.74) is 4.86. The van der Waals surface area contributed by atoms with Crippen LogP contribution in [0.4, 0.5) is 0 Å². The van der Waals surface area contributed by atoms with E-state index in [1.54, 1.807) is 17.2 Å². The van der Waals surface area contributed by atoms with E-state index in [0.29, 0.717) is 24.6 Å². The average molecular weight is 513 g/mol. The number of nitrogens with zero attached hydrogens (tertiary/aromatic N) is 1. The highest BCUT2D eigenvalue weighted by Gasteiger charge is 2.21. The number of likely N-dealkylation sites (N-methyl/N-ethyl adjacent to an activating group) is 1. The van der Waals surface area contributed by atoms with Crippen molar-refractivity contribution in [3.8, 4) is 0 Å². The number of rotatable bonds is 12. The Kier molecular flexibility index (Phi) is 15.3. The van der Waals surface area contributed by atoms with Gasteiger partial charge in [-0.1, -0.05) is 78.1 Å². The summed E-state index contributed by atoms with van der Waals surface area (Å²) in [6, 6.07) is 6.14. The lowest BCUT2D eigenvalue weighted by molar-refractivity contribution is -0.132. The Bertz CT molecular complexity index is 971. The third-order valence-electron chi connectivity index (χ3n) is 5.63. The van der Waals surface area contributed by atoms with Gasteiger partial charge in [-0.2, -0.15) is 4.21 Å². The van der Waals surface area contributed by atoms with Crippen LogP contribution in [0, 0.1) is 11.3 Å². The fourth-order valence-electron chi connectivity index (χ4n) is 3.43. The molecule has 0 aromatic heterocycles. The zero-order valence-electron chi connectivity index (χ0n) is 23.3. The number of carbonyl (C=O) groups excluding carboxylic acids is 1. The molecule has 1 unspecified atom stereocenters. The minimum atomic E-state index is -0.0712. The molecule has 1 rings (SSSR count). The maximum absolute atomic E-state index is 12.9. The second-order valence-electron chi connectivity index (χ2n) is 9.88. The molecule has 0 bridgehead atoms. The summed E-state index contributed by atoms with van der Waals surface area (Å²) in [6.45, 7) is 21.0. The lowest BCUT2D eigenvalue weighted by atomic mass is 9.91. The zero-order chi connectivity index (χ0) is 27.9. The molecule has 0 saturated carbocycles. The van der Waals surface area contributed by atoms with E-state index < -0.39 is 0 Å². The van der Waals surface area contributed by atoms with Gasteiger partial charge in [-0.05, 0) is 47.9 Å². The summed E-state index contributed by atoms with van der Waals surface area (Å²) in [5, 5.41) is 3.26. The van der Waals surface area contributed by atoms with Crippen LogP contribution in [-0.2, 0) is 28.6 Å². The number of nitrogens with one attached hydrogen (secondary N) is 1. The maximum Gasteiger partial charge on any atom is 0.223 e. The molecule has 1 atom stereocenters. The Hall–Kier alpha value is -2.99. The van der Waals surface area contributed by atoms with Crippen LogP contribution in [0.25, 0.3) is 11.3 Å². The number of allylic oxidation sites excluding steroid dienone is 5. The van der Waals surface area contributed by atoms with Gasteiger partial charge in [-0.15, -0.1) is 0 Å². The van der Waals surface area contributed by atoms with Gasteiger partial charge in [-0.25, -0.2) is 0 Å². The third kappa shape index (κ3) is 11.2. The zero-order valence-corrected chi connectivity index (χ0v) is 24.1. The van der Waals surface area contributed by atoms with Crippen LogP contribution in [0.2, 0.25) is 0 Å². The number of benzene rings is 1. The summed E-state index contributed by atoms with van der Waals surface area (Å²) in [7, 11) is 3.76. The van der Waals surface area contributed by atoms with Crippen molar-refractivity contribution < 1.29 is 13.7 Å². The molecule has 0 heterocycles. The lowest BCUT2D eigenvalue weighted by Gasteiger charge is -2.25. The van der Waals surface area contributed by atoms with Gasteiger partial charge in [0.05, 0.1) is 6.26 Å². The fraction of sp³-hybridized carbons (Fsp3) is 0.433. The SMILES string of the molecule is C=C/C=C(\C(=C/C)NC)c1ccc(C(=C)O/C=C\C(C)CC)cc1CN(C)C(=O)CC(C)(C)C.O=S. The molecule has 1 aromatic rings. The van der Waals surface area contributed by atoms with Crippen LogP contribution >= 0.6 is 0 Å². The highest BCUT2D eigenvalue weighted by molar-refractivity contribution is 7.44. The minimum absolute atomic E-state index is 0.0712.